The number of nitrogens with zero attached hydrogens (tertiary/aromatic N) is 6. The van der Waals surface area contributed by atoms with Gasteiger partial charge < -0.3 is 20.5 Å². The van der Waals surface area contributed by atoms with Crippen molar-refractivity contribution >= 4 is 22.3 Å². The number of nitriles is 1. The minimum Gasteiger partial charge on any atom is -0.423 e. The molecule has 44 heavy (non-hydrogen) atoms. The second kappa shape index (κ2) is 10.8. The predicted octanol–water partition coefficient (Wildman–Crippen LogP) is 5.09. The lowest BCUT2D eigenvalue weighted by Crippen LogP contribution is -2.43. The Bertz CT molecular complexity index is 1870. The van der Waals surface area contributed by atoms with Crippen LogP contribution in [0.3, 0.4) is 0 Å². The minimum absolute atomic E-state index is 0.0219. The maximum Gasteiger partial charge on any atom is 0.243 e. The van der Waals surface area contributed by atoms with E-state index in [2.05, 4.69) is 74.5 Å². The summed E-state index contributed by atoms with van der Waals surface area (Å²) < 4.78 is 19.9. The van der Waals surface area contributed by atoms with Crippen LogP contribution in [0.5, 0.6) is 0 Å². The number of fused-ring (bicyclic) bond motifs is 1. The number of hydrogen-bond acceptors (Lipinski definition) is 11. The second-order valence-corrected chi connectivity index (χ2v) is 12.4. The first-order chi connectivity index (χ1) is 21.0. The van der Waals surface area contributed by atoms with Crippen LogP contribution in [0.1, 0.15) is 73.8 Å². The lowest BCUT2D eigenvalue weighted by Gasteiger charge is -2.24. The molecule has 0 spiro atoms. The lowest BCUT2D eigenvalue weighted by molar-refractivity contribution is 0.147. The van der Waals surface area contributed by atoms with Crippen LogP contribution in [-0.4, -0.2) is 31.7 Å². The molecule has 4 N–H and O–H groups in total. The molecule has 1 fully saturated rings. The van der Waals surface area contributed by atoms with E-state index < -0.39 is 17.5 Å². The molecule has 0 unspecified atom stereocenters. The number of halogens is 1. The first-order valence-electron chi connectivity index (χ1n) is 14.3. The van der Waals surface area contributed by atoms with Crippen LogP contribution < -0.4 is 21.6 Å². The molecule has 1 aliphatic carbocycles. The maximum atomic E-state index is 14.1. The zero-order valence-electron chi connectivity index (χ0n) is 25.2. The van der Waals surface area contributed by atoms with Gasteiger partial charge in [-0.3, -0.25) is 9.99 Å². The number of aromatic nitrogens is 4. The average molecular weight is 593 g/mol. The molecule has 0 saturated heterocycles. The van der Waals surface area contributed by atoms with E-state index in [9.17, 15) is 9.65 Å². The van der Waals surface area contributed by atoms with Gasteiger partial charge >= 0.3 is 0 Å². The van der Waals surface area contributed by atoms with E-state index in [-0.39, 0.29) is 5.41 Å². The zero-order chi connectivity index (χ0) is 31.2. The minimum atomic E-state index is -0.568. The number of rotatable bonds is 8. The van der Waals surface area contributed by atoms with Gasteiger partial charge in [-0.25, -0.2) is 4.98 Å². The Kier molecular flexibility index (Phi) is 7.10. The van der Waals surface area contributed by atoms with Gasteiger partial charge in [0.2, 0.25) is 17.7 Å². The number of anilines is 2. The summed E-state index contributed by atoms with van der Waals surface area (Å²) in [4.78, 5) is 8.62. The Morgan fingerprint density at radius 2 is 2.00 bits per heavy atom. The van der Waals surface area contributed by atoms with Crippen LogP contribution in [-0.2, 0) is 5.54 Å². The van der Waals surface area contributed by atoms with E-state index in [1.165, 1.54) is 6.07 Å². The monoisotopic (exact) mass is 592 g/mol. The molecule has 4 heterocycles. The molecule has 6 rings (SSSR count). The van der Waals surface area contributed by atoms with Gasteiger partial charge in [0.05, 0.1) is 34.1 Å². The van der Waals surface area contributed by atoms with Gasteiger partial charge in [0, 0.05) is 48.2 Å². The van der Waals surface area contributed by atoms with E-state index in [0.717, 1.165) is 35.2 Å². The molecule has 1 aromatic carbocycles. The summed E-state index contributed by atoms with van der Waals surface area (Å²) in [6, 6.07) is 8.49. The Morgan fingerprint density at radius 3 is 2.64 bits per heavy atom. The Hall–Kier alpha value is -5.20. The Labute approximate surface area is 254 Å². The number of pyridine rings is 2. The van der Waals surface area contributed by atoms with Crippen molar-refractivity contribution in [3.05, 3.63) is 82.5 Å². The third-order valence-corrected chi connectivity index (χ3v) is 7.77. The van der Waals surface area contributed by atoms with Crippen molar-refractivity contribution in [2.24, 2.45) is 5.41 Å². The van der Waals surface area contributed by atoms with Gasteiger partial charge in [-0.05, 0) is 43.4 Å². The SMILES string of the molecule is C#Cc1cnc2c(C#N)cc(N[C@H](C3=CN(C4(c5nnc(C)o5)CC4)NN3)c3ccc(F)nc3C)cc2c1NCC(C)(C)C. The van der Waals surface area contributed by atoms with E-state index in [1.54, 1.807) is 32.2 Å². The van der Waals surface area contributed by atoms with E-state index in [1.807, 2.05) is 17.3 Å². The third-order valence-electron chi connectivity index (χ3n) is 7.77. The van der Waals surface area contributed by atoms with E-state index in [4.69, 9.17) is 10.8 Å². The molecule has 224 valence electrons. The second-order valence-electron chi connectivity index (χ2n) is 12.4. The highest BCUT2D eigenvalue weighted by atomic mass is 19.1. The summed E-state index contributed by atoms with van der Waals surface area (Å²) in [5.74, 6) is 3.19. The maximum absolute atomic E-state index is 14.1. The summed E-state index contributed by atoms with van der Waals surface area (Å²) in [6.07, 6.45) is 11.1. The molecule has 2 aliphatic rings. The molecule has 1 saturated carbocycles. The molecule has 3 aromatic heterocycles. The van der Waals surface area contributed by atoms with E-state index >= 15 is 0 Å². The molecule has 11 nitrogen and oxygen atoms in total. The molecule has 12 heteroatoms. The number of hydrogen-bond donors (Lipinski definition) is 4. The molecule has 0 bridgehead atoms. The normalized spacial score (nSPS) is 16.1. The number of aryl methyl sites for hydroxylation is 2. The highest BCUT2D eigenvalue weighted by Crippen LogP contribution is 2.51. The van der Waals surface area contributed by atoms with Crippen molar-refractivity contribution in [1.29, 1.82) is 5.26 Å². The Morgan fingerprint density at radius 1 is 1.20 bits per heavy atom. The lowest BCUT2D eigenvalue weighted by atomic mass is 9.96. The van der Waals surface area contributed by atoms with Crippen molar-refractivity contribution in [1.82, 2.24) is 36.1 Å². The summed E-state index contributed by atoms with van der Waals surface area (Å²) in [7, 11) is 0. The van der Waals surface area contributed by atoms with E-state index in [0.29, 0.717) is 46.4 Å². The van der Waals surface area contributed by atoms with Crippen LogP contribution >= 0.6 is 0 Å². The zero-order valence-corrected chi connectivity index (χ0v) is 25.2. The quantitative estimate of drug-likeness (QED) is 0.161. The van der Waals surface area contributed by atoms with Gasteiger partial charge in [0.25, 0.3) is 0 Å². The Balaban J connectivity index is 1.43. The molecular formula is C32H33FN10O. The molecular weight excluding hydrogens is 559 g/mol. The topological polar surface area (TPSA) is 140 Å². The first-order valence-corrected chi connectivity index (χ1v) is 14.3. The molecule has 1 atom stereocenters. The predicted molar refractivity (Wildman–Crippen MR) is 164 cm³/mol. The summed E-state index contributed by atoms with van der Waals surface area (Å²) in [5.41, 5.74) is 10.9. The fourth-order valence-electron chi connectivity index (χ4n) is 5.33. The fraction of sp³-hybridized carbons (Fsp3) is 0.344. The highest BCUT2D eigenvalue weighted by molar-refractivity contribution is 5.99. The van der Waals surface area contributed by atoms with Crippen LogP contribution in [0, 0.1) is 48.9 Å². The van der Waals surface area contributed by atoms with Gasteiger partial charge in [0.15, 0.2) is 0 Å². The van der Waals surface area contributed by atoms with Crippen molar-refractivity contribution in [2.75, 3.05) is 17.2 Å². The number of nitrogens with one attached hydrogen (secondary N) is 4. The third kappa shape index (κ3) is 5.36. The van der Waals surface area contributed by atoms with Crippen LogP contribution in [0.4, 0.5) is 15.8 Å². The van der Waals surface area contributed by atoms with Crippen molar-refractivity contribution in [3.63, 3.8) is 0 Å². The van der Waals surface area contributed by atoms with Gasteiger partial charge in [-0.1, -0.05) is 32.8 Å². The molecule has 0 radical (unpaired) electrons. The molecule has 4 aromatic rings. The summed E-state index contributed by atoms with van der Waals surface area (Å²) >= 11 is 0. The van der Waals surface area contributed by atoms with Gasteiger partial charge in [0.1, 0.15) is 11.6 Å². The van der Waals surface area contributed by atoms with Gasteiger partial charge in [-0.15, -0.1) is 22.2 Å². The van der Waals surface area contributed by atoms with Crippen molar-refractivity contribution in [3.8, 4) is 18.4 Å². The van der Waals surface area contributed by atoms with Crippen LogP contribution in [0.25, 0.3) is 10.9 Å². The highest BCUT2D eigenvalue weighted by Gasteiger charge is 2.55. The van der Waals surface area contributed by atoms with Gasteiger partial charge in [-0.2, -0.15) is 9.65 Å². The van der Waals surface area contributed by atoms with Crippen LogP contribution in [0.2, 0.25) is 0 Å². The average Bonchev–Trinajstić information content (AvgIpc) is 3.41. The van der Waals surface area contributed by atoms with Crippen LogP contribution in [0.15, 0.2) is 46.8 Å². The molecule has 0 amide bonds. The van der Waals surface area contributed by atoms with Crippen molar-refractivity contribution < 1.29 is 8.81 Å². The number of terminal acetylenes is 1. The fourth-order valence-corrected chi connectivity index (χ4v) is 5.33. The largest absolute Gasteiger partial charge is 0.423 e. The number of hydrazine groups is 2. The summed E-state index contributed by atoms with van der Waals surface area (Å²) in [5, 5.41) is 28.1. The number of benzene rings is 1. The smallest absolute Gasteiger partial charge is 0.243 e. The standard InChI is InChI=1S/C32H33FN10O/c1-7-20-15-35-28-21(14-34)12-22(13-24(28)27(20)36-17-31(4,5)6)38-29(23-8-9-26(33)37-18(23)2)25-16-43(42-40-25)32(10-11-32)30-41-39-19(3)44-30/h1,8-9,12-13,15-16,29,38,40,42H,10-11,17H2,2-6H3,(H,35,36)/t29-/m0/s1. The summed E-state index contributed by atoms with van der Waals surface area (Å²) in [6.45, 7) is 10.6. The van der Waals surface area contributed by atoms with Crippen molar-refractivity contribution in [2.45, 2.75) is 59.0 Å². The first kappa shape index (κ1) is 28.9. The molecule has 1 aliphatic heterocycles.